The second kappa shape index (κ2) is 4.41. The summed E-state index contributed by atoms with van der Waals surface area (Å²) in [6.45, 7) is 0. The molecule has 0 unspecified atom stereocenters. The Bertz CT molecular complexity index is 735. The van der Waals surface area contributed by atoms with Crippen LogP contribution in [0.4, 0.5) is 11.4 Å². The number of nitrogens with one attached hydrogen (secondary N) is 2. The van der Waals surface area contributed by atoms with Crippen LogP contribution in [0.1, 0.15) is 10.5 Å². The summed E-state index contributed by atoms with van der Waals surface area (Å²) in [5.41, 5.74) is 8.01. The molecule has 0 aliphatic carbocycles. The number of benzene rings is 1. The van der Waals surface area contributed by atoms with Gasteiger partial charge in [-0.2, -0.15) is 5.10 Å². The number of carbonyl (C=O) groups is 1. The molecule has 0 radical (unpaired) electrons. The molecule has 2 aromatic heterocycles. The molecule has 0 saturated heterocycles. The van der Waals surface area contributed by atoms with E-state index in [2.05, 4.69) is 20.5 Å². The first-order chi connectivity index (χ1) is 9.24. The van der Waals surface area contributed by atoms with E-state index in [0.717, 1.165) is 5.52 Å². The highest BCUT2D eigenvalue weighted by Crippen LogP contribution is 2.19. The quantitative estimate of drug-likeness (QED) is 0.606. The number of carbonyl (C=O) groups excluding carboxylic acids is 1. The fourth-order valence-electron chi connectivity index (χ4n) is 1.83. The Hall–Kier alpha value is -2.89. The van der Waals surface area contributed by atoms with Gasteiger partial charge in [0.2, 0.25) is 0 Å². The molecule has 4 N–H and O–H groups in total. The Labute approximate surface area is 108 Å². The van der Waals surface area contributed by atoms with Crippen LogP contribution >= 0.6 is 0 Å². The van der Waals surface area contributed by atoms with Crippen LogP contribution in [0.15, 0.2) is 42.7 Å². The highest BCUT2D eigenvalue weighted by molar-refractivity contribution is 6.11. The van der Waals surface area contributed by atoms with Crippen molar-refractivity contribution in [2.75, 3.05) is 11.1 Å². The maximum Gasteiger partial charge on any atom is 0.276 e. The molecule has 1 amide bonds. The van der Waals surface area contributed by atoms with E-state index in [9.17, 15) is 4.79 Å². The lowest BCUT2D eigenvalue weighted by Crippen LogP contribution is -2.12. The Morgan fingerprint density at radius 3 is 3.00 bits per heavy atom. The average molecular weight is 253 g/mol. The zero-order chi connectivity index (χ0) is 13.2. The topological polar surface area (TPSA) is 96.7 Å². The lowest BCUT2D eigenvalue weighted by molar-refractivity contribution is 0.102. The lowest BCUT2D eigenvalue weighted by Gasteiger charge is -2.02. The van der Waals surface area contributed by atoms with E-state index in [1.165, 1.54) is 0 Å². The van der Waals surface area contributed by atoms with E-state index in [4.69, 9.17) is 5.73 Å². The Morgan fingerprint density at radius 1 is 1.32 bits per heavy atom. The normalized spacial score (nSPS) is 10.5. The molecule has 1 aromatic carbocycles. The molecule has 94 valence electrons. The molecule has 0 saturated carbocycles. The van der Waals surface area contributed by atoms with Crippen LogP contribution in [-0.2, 0) is 0 Å². The van der Waals surface area contributed by atoms with Gasteiger partial charge in [-0.15, -0.1) is 0 Å². The van der Waals surface area contributed by atoms with Crippen LogP contribution in [0.25, 0.3) is 10.9 Å². The minimum Gasteiger partial charge on any atom is -0.399 e. The smallest absolute Gasteiger partial charge is 0.276 e. The van der Waals surface area contributed by atoms with E-state index >= 15 is 0 Å². The minimum atomic E-state index is -0.301. The van der Waals surface area contributed by atoms with Crippen molar-refractivity contribution < 1.29 is 4.79 Å². The van der Waals surface area contributed by atoms with Gasteiger partial charge in [-0.25, -0.2) is 0 Å². The first kappa shape index (κ1) is 11.2. The van der Waals surface area contributed by atoms with Gasteiger partial charge in [-0.05, 0) is 30.3 Å². The van der Waals surface area contributed by atoms with Crippen molar-refractivity contribution in [3.63, 3.8) is 0 Å². The van der Waals surface area contributed by atoms with Crippen molar-refractivity contribution in [2.45, 2.75) is 0 Å². The highest BCUT2D eigenvalue weighted by Gasteiger charge is 2.14. The van der Waals surface area contributed by atoms with Crippen LogP contribution < -0.4 is 11.1 Å². The summed E-state index contributed by atoms with van der Waals surface area (Å²) >= 11 is 0. The van der Waals surface area contributed by atoms with Crippen molar-refractivity contribution in [3.05, 3.63) is 48.4 Å². The summed E-state index contributed by atoms with van der Waals surface area (Å²) in [6, 6.07) is 8.77. The highest BCUT2D eigenvalue weighted by atomic mass is 16.1. The van der Waals surface area contributed by atoms with Gasteiger partial charge in [0.25, 0.3) is 5.91 Å². The lowest BCUT2D eigenvalue weighted by atomic mass is 10.2. The molecule has 19 heavy (non-hydrogen) atoms. The molecule has 0 atom stereocenters. The molecule has 3 rings (SSSR count). The number of nitrogens with zero attached hydrogens (tertiary/aromatic N) is 2. The van der Waals surface area contributed by atoms with Gasteiger partial charge in [0.15, 0.2) is 5.69 Å². The predicted octanol–water partition coefficient (Wildman–Crippen LogP) is 1.79. The number of rotatable bonds is 2. The molecule has 0 aliphatic rings. The van der Waals surface area contributed by atoms with Crippen LogP contribution in [0.5, 0.6) is 0 Å². The van der Waals surface area contributed by atoms with E-state index in [1.807, 2.05) is 0 Å². The Kier molecular flexibility index (Phi) is 2.60. The number of pyridine rings is 1. The van der Waals surface area contributed by atoms with Crippen LogP contribution in [0.2, 0.25) is 0 Å². The zero-order valence-corrected chi connectivity index (χ0v) is 9.92. The number of nitrogens with two attached hydrogens (primary N) is 1. The molecule has 0 bridgehead atoms. The van der Waals surface area contributed by atoms with Gasteiger partial charge in [0.1, 0.15) is 0 Å². The molecular weight excluding hydrogens is 242 g/mol. The molecule has 0 fully saturated rings. The number of anilines is 2. The third kappa shape index (κ3) is 2.11. The first-order valence-electron chi connectivity index (χ1n) is 5.69. The summed E-state index contributed by atoms with van der Waals surface area (Å²) in [4.78, 5) is 16.1. The van der Waals surface area contributed by atoms with E-state index < -0.39 is 0 Å². The number of aromatic amines is 1. The third-order valence-electron chi connectivity index (χ3n) is 2.72. The second-order valence-corrected chi connectivity index (χ2v) is 4.07. The number of aromatic nitrogens is 3. The Balaban J connectivity index is 1.96. The number of hydrogen-bond donors (Lipinski definition) is 3. The SMILES string of the molecule is Nc1ccc2[nH]nc(C(=O)Nc3cccnc3)c2c1. The number of fused-ring (bicyclic) bond motifs is 1. The Morgan fingerprint density at radius 2 is 2.21 bits per heavy atom. The maximum atomic E-state index is 12.1. The van der Waals surface area contributed by atoms with Crippen LogP contribution in [0.3, 0.4) is 0 Å². The molecule has 0 spiro atoms. The van der Waals surface area contributed by atoms with Crippen LogP contribution in [-0.4, -0.2) is 21.1 Å². The van der Waals surface area contributed by atoms with Gasteiger partial charge in [-0.1, -0.05) is 0 Å². The van der Waals surface area contributed by atoms with Gasteiger partial charge >= 0.3 is 0 Å². The van der Waals surface area contributed by atoms with Crippen molar-refractivity contribution in [2.24, 2.45) is 0 Å². The summed E-state index contributed by atoms with van der Waals surface area (Å²) in [7, 11) is 0. The van der Waals surface area contributed by atoms with E-state index in [-0.39, 0.29) is 5.91 Å². The summed E-state index contributed by atoms with van der Waals surface area (Å²) in [6.07, 6.45) is 3.21. The van der Waals surface area contributed by atoms with Gasteiger partial charge < -0.3 is 11.1 Å². The fraction of sp³-hybridized carbons (Fsp3) is 0. The molecule has 6 heteroatoms. The minimum absolute atomic E-state index is 0.301. The number of nitrogen functional groups attached to an aromatic ring is 1. The molecule has 3 aromatic rings. The largest absolute Gasteiger partial charge is 0.399 e. The van der Waals surface area contributed by atoms with E-state index in [0.29, 0.717) is 22.5 Å². The summed E-state index contributed by atoms with van der Waals surface area (Å²) in [5.74, 6) is -0.301. The van der Waals surface area contributed by atoms with Gasteiger partial charge in [0, 0.05) is 17.3 Å². The fourth-order valence-corrected chi connectivity index (χ4v) is 1.83. The summed E-state index contributed by atoms with van der Waals surface area (Å²) in [5, 5.41) is 10.2. The van der Waals surface area contributed by atoms with Crippen molar-refractivity contribution in [3.8, 4) is 0 Å². The van der Waals surface area contributed by atoms with Crippen molar-refractivity contribution >= 4 is 28.2 Å². The predicted molar refractivity (Wildman–Crippen MR) is 72.7 cm³/mol. The van der Waals surface area contributed by atoms with Crippen LogP contribution in [0, 0.1) is 0 Å². The van der Waals surface area contributed by atoms with E-state index in [1.54, 1.807) is 42.7 Å². The van der Waals surface area contributed by atoms with Crippen molar-refractivity contribution in [1.29, 1.82) is 0 Å². The van der Waals surface area contributed by atoms with Crippen molar-refractivity contribution in [1.82, 2.24) is 15.2 Å². The maximum absolute atomic E-state index is 12.1. The average Bonchev–Trinajstić information content (AvgIpc) is 2.82. The monoisotopic (exact) mass is 253 g/mol. The first-order valence-corrected chi connectivity index (χ1v) is 5.69. The van der Waals surface area contributed by atoms with Gasteiger partial charge in [0.05, 0.1) is 17.4 Å². The summed E-state index contributed by atoms with van der Waals surface area (Å²) < 4.78 is 0. The standard InChI is InChI=1S/C13H11N5O/c14-8-3-4-11-10(6-8)12(18-17-11)13(19)16-9-2-1-5-15-7-9/h1-7H,14H2,(H,16,19)(H,17,18). The second-order valence-electron chi connectivity index (χ2n) is 4.07. The number of amides is 1. The molecule has 6 nitrogen and oxygen atoms in total. The number of hydrogen-bond acceptors (Lipinski definition) is 4. The molecular formula is C13H11N5O. The van der Waals surface area contributed by atoms with Gasteiger partial charge in [-0.3, -0.25) is 14.9 Å². The molecule has 0 aliphatic heterocycles. The third-order valence-corrected chi connectivity index (χ3v) is 2.72. The number of H-pyrrole nitrogens is 1. The molecule has 2 heterocycles. The zero-order valence-electron chi connectivity index (χ0n) is 9.92.